The lowest BCUT2D eigenvalue weighted by Gasteiger charge is -2.19. The Kier molecular flexibility index (Phi) is 3.18. The minimum Gasteiger partial charge on any atom is -0.289 e. The summed E-state index contributed by atoms with van der Waals surface area (Å²) in [5, 5.41) is 2.17. The average Bonchev–Trinajstić information content (AvgIpc) is 3.20. The number of para-hydroxylation sites is 2. The van der Waals surface area contributed by atoms with Crippen molar-refractivity contribution in [2.24, 2.45) is 0 Å². The van der Waals surface area contributed by atoms with Crippen LogP contribution in [-0.4, -0.2) is 19.5 Å². The maximum Gasteiger partial charge on any atom is 0.164 e. The van der Waals surface area contributed by atoms with Crippen LogP contribution >= 0.6 is 11.8 Å². The molecule has 0 saturated carbocycles. The van der Waals surface area contributed by atoms with Gasteiger partial charge in [-0.1, -0.05) is 54.2 Å². The molecule has 4 heterocycles. The van der Waals surface area contributed by atoms with Crippen molar-refractivity contribution in [3.05, 3.63) is 85.1 Å². The number of pyridine rings is 2. The summed E-state index contributed by atoms with van der Waals surface area (Å²) in [5.41, 5.74) is 5.96. The molecule has 7 rings (SSSR count). The number of fused-ring (bicyclic) bond motifs is 5. The van der Waals surface area contributed by atoms with Gasteiger partial charge in [0.15, 0.2) is 5.82 Å². The number of imidazole rings is 1. The molecule has 6 aromatic rings. The normalized spacial score (nSPS) is 12.5. The molecule has 0 bridgehead atoms. The van der Waals surface area contributed by atoms with Crippen LogP contribution in [0.1, 0.15) is 0 Å². The SMILES string of the molecule is c1ccc2c(c1)Sc1cccc3nc(-c4ccc5ccc6cccnc6c5n4)n-2c13. The summed E-state index contributed by atoms with van der Waals surface area (Å²) in [6.45, 7) is 0. The number of hydrogen-bond donors (Lipinski definition) is 0. The van der Waals surface area contributed by atoms with Crippen molar-refractivity contribution in [3.63, 3.8) is 0 Å². The van der Waals surface area contributed by atoms with Crippen molar-refractivity contribution in [2.75, 3.05) is 0 Å². The summed E-state index contributed by atoms with van der Waals surface area (Å²) in [6.07, 6.45) is 1.82. The molecule has 5 heteroatoms. The van der Waals surface area contributed by atoms with Crippen molar-refractivity contribution >= 4 is 44.6 Å². The van der Waals surface area contributed by atoms with Crippen LogP contribution in [0, 0.1) is 0 Å². The first-order chi connectivity index (χ1) is 14.9. The summed E-state index contributed by atoms with van der Waals surface area (Å²) in [4.78, 5) is 17.1. The second-order valence-electron chi connectivity index (χ2n) is 7.37. The molecular formula is C25H14N4S. The van der Waals surface area contributed by atoms with E-state index < -0.39 is 0 Å². The van der Waals surface area contributed by atoms with Crippen LogP contribution < -0.4 is 0 Å². The average molecular weight is 402 g/mol. The van der Waals surface area contributed by atoms with Crippen LogP contribution in [0.3, 0.4) is 0 Å². The first kappa shape index (κ1) is 16.1. The Morgan fingerprint density at radius 3 is 2.47 bits per heavy atom. The topological polar surface area (TPSA) is 43.6 Å². The van der Waals surface area contributed by atoms with Gasteiger partial charge >= 0.3 is 0 Å². The highest BCUT2D eigenvalue weighted by molar-refractivity contribution is 7.99. The number of hydrogen-bond acceptors (Lipinski definition) is 4. The predicted octanol–water partition coefficient (Wildman–Crippen LogP) is 6.25. The number of nitrogens with zero attached hydrogens (tertiary/aromatic N) is 4. The smallest absolute Gasteiger partial charge is 0.164 e. The standard InChI is InChI=1S/C25H14N4S/c1-2-8-20-19(7-1)29-24-17(6-3-9-21(24)30-20)28-25(29)18-13-12-16-11-10-15-5-4-14-26-22(15)23(16)27-18/h1-14H. The first-order valence-corrected chi connectivity index (χ1v) is 10.6. The molecular weight excluding hydrogens is 388 g/mol. The Bertz CT molecular complexity index is 1630. The van der Waals surface area contributed by atoms with E-state index in [2.05, 4.69) is 82.3 Å². The van der Waals surface area contributed by atoms with Crippen LogP contribution in [0.25, 0.3) is 50.0 Å². The zero-order chi connectivity index (χ0) is 19.7. The Balaban J connectivity index is 1.58. The zero-order valence-corrected chi connectivity index (χ0v) is 16.6. The Morgan fingerprint density at radius 2 is 1.50 bits per heavy atom. The first-order valence-electron chi connectivity index (χ1n) is 9.80. The largest absolute Gasteiger partial charge is 0.289 e. The number of aromatic nitrogens is 4. The van der Waals surface area contributed by atoms with Crippen molar-refractivity contribution < 1.29 is 0 Å². The minimum atomic E-state index is 0.851. The van der Waals surface area contributed by atoms with Gasteiger partial charge in [0.05, 0.1) is 27.8 Å². The highest BCUT2D eigenvalue weighted by atomic mass is 32.2. The lowest BCUT2D eigenvalue weighted by atomic mass is 10.1. The summed E-state index contributed by atoms with van der Waals surface area (Å²) in [6, 6.07) is 27.2. The molecule has 3 aromatic carbocycles. The van der Waals surface area contributed by atoms with E-state index in [9.17, 15) is 0 Å². The van der Waals surface area contributed by atoms with E-state index in [4.69, 9.17) is 9.97 Å². The van der Waals surface area contributed by atoms with Gasteiger partial charge in [-0.25, -0.2) is 9.97 Å². The third-order valence-electron chi connectivity index (χ3n) is 5.63. The number of rotatable bonds is 1. The maximum atomic E-state index is 5.05. The third kappa shape index (κ3) is 2.15. The van der Waals surface area contributed by atoms with Crippen LogP contribution in [-0.2, 0) is 0 Å². The van der Waals surface area contributed by atoms with Crippen LogP contribution in [0.2, 0.25) is 0 Å². The van der Waals surface area contributed by atoms with Gasteiger partial charge in [0.2, 0.25) is 0 Å². The molecule has 140 valence electrons. The Hall–Kier alpha value is -3.70. The molecule has 0 N–H and O–H groups in total. The quantitative estimate of drug-likeness (QED) is 0.304. The van der Waals surface area contributed by atoms with Crippen molar-refractivity contribution in [2.45, 2.75) is 9.79 Å². The lowest BCUT2D eigenvalue weighted by Crippen LogP contribution is -2.04. The summed E-state index contributed by atoms with van der Waals surface area (Å²) >= 11 is 1.80. The summed E-state index contributed by atoms with van der Waals surface area (Å²) < 4.78 is 2.25. The molecule has 0 aliphatic carbocycles. The molecule has 30 heavy (non-hydrogen) atoms. The minimum absolute atomic E-state index is 0.851. The fourth-order valence-electron chi connectivity index (χ4n) is 4.28. The van der Waals surface area contributed by atoms with Crippen LogP contribution in [0.4, 0.5) is 0 Å². The van der Waals surface area contributed by atoms with Gasteiger partial charge in [-0.3, -0.25) is 9.55 Å². The van der Waals surface area contributed by atoms with Gasteiger partial charge in [0.1, 0.15) is 5.69 Å². The van der Waals surface area contributed by atoms with E-state index in [-0.39, 0.29) is 0 Å². The zero-order valence-electron chi connectivity index (χ0n) is 15.8. The van der Waals surface area contributed by atoms with E-state index in [0.29, 0.717) is 0 Å². The third-order valence-corrected chi connectivity index (χ3v) is 6.74. The van der Waals surface area contributed by atoms with Crippen molar-refractivity contribution in [3.8, 4) is 17.2 Å². The van der Waals surface area contributed by atoms with Gasteiger partial charge in [-0.05, 0) is 36.4 Å². The fourth-order valence-corrected chi connectivity index (χ4v) is 5.37. The highest BCUT2D eigenvalue weighted by Gasteiger charge is 2.24. The molecule has 4 nitrogen and oxygen atoms in total. The second-order valence-corrected chi connectivity index (χ2v) is 8.46. The van der Waals surface area contributed by atoms with E-state index in [1.165, 1.54) is 9.79 Å². The van der Waals surface area contributed by atoms with E-state index in [1.807, 2.05) is 12.3 Å². The molecule has 0 fully saturated rings. The van der Waals surface area contributed by atoms with Crippen molar-refractivity contribution in [1.82, 2.24) is 19.5 Å². The Morgan fingerprint density at radius 1 is 0.667 bits per heavy atom. The molecule has 1 aliphatic rings. The van der Waals surface area contributed by atoms with Crippen LogP contribution in [0.5, 0.6) is 0 Å². The molecule has 3 aromatic heterocycles. The van der Waals surface area contributed by atoms with Gasteiger partial charge in [-0.2, -0.15) is 0 Å². The van der Waals surface area contributed by atoms with Gasteiger partial charge < -0.3 is 0 Å². The van der Waals surface area contributed by atoms with E-state index in [0.717, 1.165) is 50.0 Å². The molecule has 0 unspecified atom stereocenters. The molecule has 0 spiro atoms. The maximum absolute atomic E-state index is 5.05. The summed E-state index contributed by atoms with van der Waals surface area (Å²) in [7, 11) is 0. The van der Waals surface area contributed by atoms with Gasteiger partial charge in [0, 0.05) is 26.8 Å². The number of benzene rings is 3. The lowest BCUT2D eigenvalue weighted by molar-refractivity contribution is 1.03. The Labute approximate surface area is 176 Å². The molecule has 0 amide bonds. The molecule has 0 saturated heterocycles. The summed E-state index contributed by atoms with van der Waals surface area (Å²) in [5.74, 6) is 0.861. The van der Waals surface area contributed by atoms with Crippen LogP contribution in [0.15, 0.2) is 94.9 Å². The molecule has 0 radical (unpaired) electrons. The van der Waals surface area contributed by atoms with E-state index in [1.54, 1.807) is 11.8 Å². The van der Waals surface area contributed by atoms with Gasteiger partial charge in [0.25, 0.3) is 0 Å². The van der Waals surface area contributed by atoms with Crippen molar-refractivity contribution in [1.29, 1.82) is 0 Å². The predicted molar refractivity (Wildman–Crippen MR) is 121 cm³/mol. The highest BCUT2D eigenvalue weighted by Crippen LogP contribution is 2.44. The second kappa shape index (κ2) is 5.90. The van der Waals surface area contributed by atoms with E-state index >= 15 is 0 Å². The monoisotopic (exact) mass is 402 g/mol. The molecule has 1 aliphatic heterocycles. The fraction of sp³-hybridized carbons (Fsp3) is 0. The van der Waals surface area contributed by atoms with Gasteiger partial charge in [-0.15, -0.1) is 0 Å². The molecule has 0 atom stereocenters.